The van der Waals surface area contributed by atoms with E-state index < -0.39 is 0 Å². The third kappa shape index (κ3) is 3.83. The summed E-state index contributed by atoms with van der Waals surface area (Å²) in [6.07, 6.45) is 5.51. The second-order valence-corrected chi connectivity index (χ2v) is 5.67. The van der Waals surface area contributed by atoms with Gasteiger partial charge in [0.2, 0.25) is 0 Å². The topological polar surface area (TPSA) is 38.3 Å². The summed E-state index contributed by atoms with van der Waals surface area (Å²) >= 11 is 0. The maximum atomic E-state index is 12.0. The SMILES string of the molecule is COC(=O)[C@H]1CCCCC[C@H]1N[C@H](C)c1ccccc1. The molecule has 0 amide bonds. The number of hydrogen-bond donors (Lipinski definition) is 1. The molecule has 1 aromatic carbocycles. The van der Waals surface area contributed by atoms with Crippen molar-refractivity contribution in [2.24, 2.45) is 5.92 Å². The first-order valence-corrected chi connectivity index (χ1v) is 7.61. The summed E-state index contributed by atoms with van der Waals surface area (Å²) in [5.41, 5.74) is 1.26. The number of carbonyl (C=O) groups is 1. The van der Waals surface area contributed by atoms with Crippen LogP contribution < -0.4 is 5.32 Å². The van der Waals surface area contributed by atoms with E-state index in [2.05, 4.69) is 36.5 Å². The molecular weight excluding hydrogens is 250 g/mol. The van der Waals surface area contributed by atoms with Crippen LogP contribution in [0.4, 0.5) is 0 Å². The molecule has 1 aliphatic rings. The minimum Gasteiger partial charge on any atom is -0.469 e. The van der Waals surface area contributed by atoms with Crippen LogP contribution >= 0.6 is 0 Å². The molecule has 0 aromatic heterocycles. The van der Waals surface area contributed by atoms with Crippen molar-refractivity contribution in [1.29, 1.82) is 0 Å². The Morgan fingerprint density at radius 3 is 2.60 bits per heavy atom. The summed E-state index contributed by atoms with van der Waals surface area (Å²) in [4.78, 5) is 12.0. The highest BCUT2D eigenvalue weighted by molar-refractivity contribution is 5.73. The number of ether oxygens (including phenoxy) is 1. The predicted octanol–water partition coefficient (Wildman–Crippen LogP) is 3.46. The molecule has 0 bridgehead atoms. The van der Waals surface area contributed by atoms with Gasteiger partial charge < -0.3 is 10.1 Å². The zero-order valence-electron chi connectivity index (χ0n) is 12.5. The lowest BCUT2D eigenvalue weighted by Crippen LogP contribution is -2.41. The van der Waals surface area contributed by atoms with E-state index in [9.17, 15) is 4.79 Å². The molecule has 1 saturated carbocycles. The fraction of sp³-hybridized carbons (Fsp3) is 0.588. The van der Waals surface area contributed by atoms with Crippen LogP contribution in [0, 0.1) is 5.92 Å². The molecular formula is C17H25NO2. The van der Waals surface area contributed by atoms with Gasteiger partial charge in [0.15, 0.2) is 0 Å². The van der Waals surface area contributed by atoms with Crippen LogP contribution in [-0.4, -0.2) is 19.1 Å². The Labute approximate surface area is 121 Å². The van der Waals surface area contributed by atoms with Gasteiger partial charge in [-0.05, 0) is 25.3 Å². The highest BCUT2D eigenvalue weighted by Gasteiger charge is 2.31. The number of methoxy groups -OCH3 is 1. The van der Waals surface area contributed by atoms with Crippen LogP contribution in [-0.2, 0) is 9.53 Å². The number of carbonyl (C=O) groups excluding carboxylic acids is 1. The zero-order valence-corrected chi connectivity index (χ0v) is 12.5. The van der Waals surface area contributed by atoms with Gasteiger partial charge in [-0.15, -0.1) is 0 Å². The molecule has 1 aliphatic carbocycles. The molecule has 1 N–H and O–H groups in total. The van der Waals surface area contributed by atoms with Crippen LogP contribution in [0.15, 0.2) is 30.3 Å². The second kappa shape index (κ2) is 7.44. The molecule has 1 aromatic rings. The fourth-order valence-corrected chi connectivity index (χ4v) is 3.10. The van der Waals surface area contributed by atoms with E-state index in [0.29, 0.717) is 0 Å². The minimum absolute atomic E-state index is 0.00587. The third-order valence-corrected chi connectivity index (χ3v) is 4.28. The maximum absolute atomic E-state index is 12.0. The summed E-state index contributed by atoms with van der Waals surface area (Å²) < 4.78 is 4.98. The van der Waals surface area contributed by atoms with Crippen molar-refractivity contribution in [3.63, 3.8) is 0 Å². The summed E-state index contributed by atoms with van der Waals surface area (Å²) in [5.74, 6) is -0.0710. The average Bonchev–Trinajstić information content (AvgIpc) is 2.73. The van der Waals surface area contributed by atoms with Gasteiger partial charge in [0.1, 0.15) is 0 Å². The van der Waals surface area contributed by atoms with E-state index in [4.69, 9.17) is 4.74 Å². The van der Waals surface area contributed by atoms with Crippen molar-refractivity contribution in [3.8, 4) is 0 Å². The molecule has 3 nitrogen and oxygen atoms in total. The smallest absolute Gasteiger partial charge is 0.310 e. The van der Waals surface area contributed by atoms with Crippen LogP contribution in [0.2, 0.25) is 0 Å². The molecule has 0 unspecified atom stereocenters. The molecule has 3 heteroatoms. The molecule has 110 valence electrons. The number of rotatable bonds is 4. The highest BCUT2D eigenvalue weighted by atomic mass is 16.5. The molecule has 20 heavy (non-hydrogen) atoms. The number of hydrogen-bond acceptors (Lipinski definition) is 3. The predicted molar refractivity (Wildman–Crippen MR) is 80.4 cm³/mol. The Bertz CT molecular complexity index is 418. The first-order valence-electron chi connectivity index (χ1n) is 7.61. The van der Waals surface area contributed by atoms with Crippen molar-refractivity contribution in [2.75, 3.05) is 7.11 Å². The summed E-state index contributed by atoms with van der Waals surface area (Å²) in [7, 11) is 1.49. The van der Waals surface area contributed by atoms with Gasteiger partial charge in [0.05, 0.1) is 13.0 Å². The summed E-state index contributed by atoms with van der Waals surface area (Å²) in [6, 6.07) is 10.9. The lowest BCUT2D eigenvalue weighted by Gasteiger charge is -2.28. The van der Waals surface area contributed by atoms with Crippen LogP contribution in [0.3, 0.4) is 0 Å². The van der Waals surface area contributed by atoms with Gasteiger partial charge in [-0.2, -0.15) is 0 Å². The van der Waals surface area contributed by atoms with E-state index >= 15 is 0 Å². The van der Waals surface area contributed by atoms with Gasteiger partial charge in [-0.25, -0.2) is 0 Å². The molecule has 0 aliphatic heterocycles. The zero-order chi connectivity index (χ0) is 14.4. The van der Waals surface area contributed by atoms with Crippen LogP contribution in [0.1, 0.15) is 50.6 Å². The van der Waals surface area contributed by atoms with Gasteiger partial charge in [0, 0.05) is 12.1 Å². The van der Waals surface area contributed by atoms with Crippen LogP contribution in [0.25, 0.3) is 0 Å². The Hall–Kier alpha value is -1.35. The van der Waals surface area contributed by atoms with Crippen molar-refractivity contribution in [2.45, 2.75) is 51.1 Å². The Morgan fingerprint density at radius 1 is 1.20 bits per heavy atom. The first kappa shape index (κ1) is 15.0. The molecule has 0 saturated heterocycles. The van der Waals surface area contributed by atoms with Gasteiger partial charge in [0.25, 0.3) is 0 Å². The lowest BCUT2D eigenvalue weighted by molar-refractivity contribution is -0.146. The number of nitrogens with one attached hydrogen (secondary N) is 1. The van der Waals surface area contributed by atoms with Gasteiger partial charge in [-0.3, -0.25) is 4.79 Å². The first-order chi connectivity index (χ1) is 9.72. The van der Waals surface area contributed by atoms with Gasteiger partial charge >= 0.3 is 5.97 Å². The maximum Gasteiger partial charge on any atom is 0.310 e. The highest BCUT2D eigenvalue weighted by Crippen LogP contribution is 2.26. The van der Waals surface area contributed by atoms with Gasteiger partial charge in [-0.1, -0.05) is 49.6 Å². The molecule has 0 spiro atoms. The standard InChI is InChI=1S/C17H25NO2/c1-13(14-9-5-3-6-10-14)18-16-12-8-4-7-11-15(16)17(19)20-2/h3,5-6,9-10,13,15-16,18H,4,7-8,11-12H2,1-2H3/t13-,15+,16-/m1/s1. The van der Waals surface area contributed by atoms with Crippen molar-refractivity contribution in [3.05, 3.63) is 35.9 Å². The molecule has 3 atom stereocenters. The van der Waals surface area contributed by atoms with E-state index in [0.717, 1.165) is 19.3 Å². The van der Waals surface area contributed by atoms with E-state index in [1.54, 1.807) is 0 Å². The minimum atomic E-state index is -0.0651. The Balaban J connectivity index is 2.05. The number of benzene rings is 1. The molecule has 2 rings (SSSR count). The van der Waals surface area contributed by atoms with Crippen molar-refractivity contribution >= 4 is 5.97 Å². The largest absolute Gasteiger partial charge is 0.469 e. The van der Waals surface area contributed by atoms with E-state index in [1.807, 2.05) is 6.07 Å². The second-order valence-electron chi connectivity index (χ2n) is 5.67. The average molecular weight is 275 g/mol. The third-order valence-electron chi connectivity index (χ3n) is 4.28. The Kier molecular flexibility index (Phi) is 5.60. The lowest BCUT2D eigenvalue weighted by atomic mass is 9.93. The fourth-order valence-electron chi connectivity index (χ4n) is 3.10. The van der Waals surface area contributed by atoms with E-state index in [-0.39, 0.29) is 24.0 Å². The monoisotopic (exact) mass is 275 g/mol. The normalized spacial score (nSPS) is 24.7. The van der Waals surface area contributed by atoms with Crippen molar-refractivity contribution < 1.29 is 9.53 Å². The van der Waals surface area contributed by atoms with Crippen molar-refractivity contribution in [1.82, 2.24) is 5.32 Å². The number of esters is 1. The Morgan fingerprint density at radius 2 is 1.90 bits per heavy atom. The van der Waals surface area contributed by atoms with Crippen LogP contribution in [0.5, 0.6) is 0 Å². The van der Waals surface area contributed by atoms with E-state index in [1.165, 1.54) is 25.5 Å². The molecule has 1 fully saturated rings. The summed E-state index contributed by atoms with van der Waals surface area (Å²) in [5, 5.41) is 3.64. The summed E-state index contributed by atoms with van der Waals surface area (Å²) in [6.45, 7) is 2.16. The molecule has 0 radical (unpaired) electrons. The molecule has 0 heterocycles. The quantitative estimate of drug-likeness (QED) is 0.675.